The van der Waals surface area contributed by atoms with E-state index in [0.717, 1.165) is 13.2 Å². The maximum absolute atomic E-state index is 11.8. The Bertz CT molecular complexity index is 243. The van der Waals surface area contributed by atoms with Crippen LogP contribution < -0.4 is 5.32 Å². The van der Waals surface area contributed by atoms with Gasteiger partial charge >= 0.3 is 5.97 Å². The zero-order chi connectivity index (χ0) is 12.2. The molecule has 1 heterocycles. The van der Waals surface area contributed by atoms with E-state index in [4.69, 9.17) is 9.47 Å². The normalized spacial score (nSPS) is 20.3. The summed E-state index contributed by atoms with van der Waals surface area (Å²) in [5, 5.41) is 3.80. The van der Waals surface area contributed by atoms with Crippen molar-refractivity contribution in [1.29, 1.82) is 0 Å². The molecule has 94 valence electrons. The van der Waals surface area contributed by atoms with Gasteiger partial charge in [0.05, 0.1) is 25.6 Å². The van der Waals surface area contributed by atoms with Gasteiger partial charge in [-0.3, -0.25) is 10.1 Å². The molecule has 0 saturated carbocycles. The van der Waals surface area contributed by atoms with Crippen LogP contribution in [-0.2, 0) is 14.3 Å². The van der Waals surface area contributed by atoms with Crippen molar-refractivity contribution in [3.05, 3.63) is 0 Å². The van der Waals surface area contributed by atoms with E-state index in [9.17, 15) is 4.79 Å². The summed E-state index contributed by atoms with van der Waals surface area (Å²) in [5.74, 6) is 0.514. The number of carbonyl (C=O) groups excluding carboxylic acids is 1. The Morgan fingerprint density at radius 1 is 1.62 bits per heavy atom. The van der Waals surface area contributed by atoms with Gasteiger partial charge in [-0.25, -0.2) is 0 Å². The smallest absolute Gasteiger partial charge is 0.326 e. The Morgan fingerprint density at radius 3 is 2.62 bits per heavy atom. The third-order valence-corrected chi connectivity index (χ3v) is 3.95. The fourth-order valence-corrected chi connectivity index (χ4v) is 2.77. The molecule has 0 spiro atoms. The predicted molar refractivity (Wildman–Crippen MR) is 65.8 cm³/mol. The maximum Gasteiger partial charge on any atom is 0.326 e. The fraction of sp³-hybridized carbons (Fsp3) is 0.909. The van der Waals surface area contributed by atoms with E-state index < -0.39 is 5.54 Å². The number of esters is 1. The summed E-state index contributed by atoms with van der Waals surface area (Å²) in [7, 11) is 1.43. The lowest BCUT2D eigenvalue weighted by Gasteiger charge is -2.33. The number of hydrogen-bond donors (Lipinski definition) is 1. The van der Waals surface area contributed by atoms with Crippen molar-refractivity contribution in [3.8, 4) is 0 Å². The molecule has 0 amide bonds. The number of carbonyl (C=O) groups is 1. The second kappa shape index (κ2) is 5.89. The highest BCUT2D eigenvalue weighted by atomic mass is 32.2. The van der Waals surface area contributed by atoms with Gasteiger partial charge in [-0.05, 0) is 20.8 Å². The molecule has 1 fully saturated rings. The lowest BCUT2D eigenvalue weighted by molar-refractivity contribution is -0.147. The van der Waals surface area contributed by atoms with Gasteiger partial charge in [-0.2, -0.15) is 11.8 Å². The summed E-state index contributed by atoms with van der Waals surface area (Å²) in [5.41, 5.74) is -0.608. The summed E-state index contributed by atoms with van der Waals surface area (Å²) in [4.78, 5) is 11.8. The molecule has 0 aromatic carbocycles. The molecular weight excluding hydrogens is 226 g/mol. The molecule has 1 atom stereocenters. The molecular formula is C11H21NO3S. The average molecular weight is 247 g/mol. The van der Waals surface area contributed by atoms with Gasteiger partial charge in [0.15, 0.2) is 0 Å². The van der Waals surface area contributed by atoms with Gasteiger partial charge in [0.2, 0.25) is 0 Å². The maximum atomic E-state index is 11.8. The third kappa shape index (κ3) is 3.64. The van der Waals surface area contributed by atoms with E-state index in [0.29, 0.717) is 11.0 Å². The lowest BCUT2D eigenvalue weighted by Crippen LogP contribution is -2.55. The van der Waals surface area contributed by atoms with Crippen LogP contribution in [0.5, 0.6) is 0 Å². The second-order valence-corrected chi connectivity index (χ2v) is 5.88. The zero-order valence-electron chi connectivity index (χ0n) is 10.4. The molecule has 1 aliphatic rings. The van der Waals surface area contributed by atoms with Crippen molar-refractivity contribution in [1.82, 2.24) is 5.32 Å². The molecule has 0 bridgehead atoms. The summed E-state index contributed by atoms with van der Waals surface area (Å²) in [6.07, 6.45) is 0. The van der Waals surface area contributed by atoms with Crippen LogP contribution in [0, 0.1) is 0 Å². The summed E-state index contributed by atoms with van der Waals surface area (Å²) >= 11 is 1.77. The van der Waals surface area contributed by atoms with Crippen LogP contribution in [0.2, 0.25) is 0 Å². The molecule has 0 radical (unpaired) electrons. The monoisotopic (exact) mass is 247 g/mol. The quantitative estimate of drug-likeness (QED) is 0.711. The van der Waals surface area contributed by atoms with E-state index in [2.05, 4.69) is 5.32 Å². The molecule has 16 heavy (non-hydrogen) atoms. The van der Waals surface area contributed by atoms with E-state index in [1.165, 1.54) is 7.11 Å². The molecule has 1 aliphatic heterocycles. The van der Waals surface area contributed by atoms with E-state index in [1.54, 1.807) is 11.8 Å². The van der Waals surface area contributed by atoms with Crippen molar-refractivity contribution in [3.63, 3.8) is 0 Å². The first-order chi connectivity index (χ1) is 7.48. The van der Waals surface area contributed by atoms with E-state index >= 15 is 0 Å². The van der Waals surface area contributed by atoms with Crippen molar-refractivity contribution in [2.24, 2.45) is 0 Å². The molecule has 0 aliphatic carbocycles. The average Bonchev–Trinajstić information content (AvgIpc) is 2.12. The lowest BCUT2D eigenvalue weighted by atomic mass is 10.0. The van der Waals surface area contributed by atoms with Gasteiger partial charge in [0.1, 0.15) is 5.54 Å². The van der Waals surface area contributed by atoms with Gasteiger partial charge in [-0.1, -0.05) is 0 Å². The summed E-state index contributed by atoms with van der Waals surface area (Å²) in [6, 6.07) is 0.252. The standard InChI is InChI=1S/C11H21NO3S/c1-8(2)12-11(3,10(13)14-4)7-16-9-5-15-6-9/h8-9,12H,5-7H2,1-4H3. The highest BCUT2D eigenvalue weighted by Gasteiger charge is 2.36. The second-order valence-electron chi connectivity index (χ2n) is 4.59. The van der Waals surface area contributed by atoms with Crippen LogP contribution in [0.1, 0.15) is 20.8 Å². The van der Waals surface area contributed by atoms with Crippen molar-refractivity contribution < 1.29 is 14.3 Å². The van der Waals surface area contributed by atoms with Gasteiger partial charge < -0.3 is 9.47 Å². The Kier molecular flexibility index (Phi) is 5.08. The number of thioether (sulfide) groups is 1. The van der Waals surface area contributed by atoms with Crippen LogP contribution in [0.3, 0.4) is 0 Å². The van der Waals surface area contributed by atoms with Crippen LogP contribution >= 0.6 is 11.8 Å². The minimum absolute atomic E-state index is 0.200. The third-order valence-electron chi connectivity index (χ3n) is 2.46. The number of rotatable bonds is 6. The van der Waals surface area contributed by atoms with Gasteiger partial charge in [0, 0.05) is 11.8 Å². The first-order valence-corrected chi connectivity index (χ1v) is 6.58. The van der Waals surface area contributed by atoms with Crippen LogP contribution in [0.25, 0.3) is 0 Å². The highest BCUT2D eigenvalue weighted by molar-refractivity contribution is 8.00. The van der Waals surface area contributed by atoms with Gasteiger partial charge in [0.25, 0.3) is 0 Å². The minimum atomic E-state index is -0.608. The number of nitrogens with one attached hydrogen (secondary N) is 1. The highest BCUT2D eigenvalue weighted by Crippen LogP contribution is 2.24. The van der Waals surface area contributed by atoms with E-state index in [1.807, 2.05) is 20.8 Å². The predicted octanol–water partition coefficient (Wildman–Crippen LogP) is 1.05. The van der Waals surface area contributed by atoms with Crippen molar-refractivity contribution in [2.45, 2.75) is 37.6 Å². The summed E-state index contributed by atoms with van der Waals surface area (Å²) in [6.45, 7) is 7.54. The van der Waals surface area contributed by atoms with Crippen LogP contribution in [0.4, 0.5) is 0 Å². The Labute approximate surface area is 101 Å². The molecule has 1 rings (SSSR count). The van der Waals surface area contributed by atoms with Crippen LogP contribution in [0.15, 0.2) is 0 Å². The molecule has 1 unspecified atom stereocenters. The fourth-order valence-electron chi connectivity index (χ4n) is 1.62. The first kappa shape index (κ1) is 13.8. The topological polar surface area (TPSA) is 47.6 Å². The molecule has 5 heteroatoms. The Hall–Kier alpha value is -0.260. The van der Waals surface area contributed by atoms with Crippen molar-refractivity contribution in [2.75, 3.05) is 26.1 Å². The van der Waals surface area contributed by atoms with Gasteiger partial charge in [-0.15, -0.1) is 0 Å². The molecule has 1 saturated heterocycles. The minimum Gasteiger partial charge on any atom is -0.468 e. The zero-order valence-corrected chi connectivity index (χ0v) is 11.2. The van der Waals surface area contributed by atoms with E-state index in [-0.39, 0.29) is 12.0 Å². The number of methoxy groups -OCH3 is 1. The molecule has 1 N–H and O–H groups in total. The SMILES string of the molecule is COC(=O)C(C)(CSC1COC1)NC(C)C. The Balaban J connectivity index is 2.50. The number of hydrogen-bond acceptors (Lipinski definition) is 5. The number of ether oxygens (including phenoxy) is 2. The molecule has 0 aromatic rings. The van der Waals surface area contributed by atoms with Crippen molar-refractivity contribution >= 4 is 17.7 Å². The largest absolute Gasteiger partial charge is 0.468 e. The summed E-state index contributed by atoms with van der Waals surface area (Å²) < 4.78 is 9.96. The Morgan fingerprint density at radius 2 is 2.25 bits per heavy atom. The molecule has 4 nitrogen and oxygen atoms in total. The van der Waals surface area contributed by atoms with Crippen LogP contribution in [-0.4, -0.2) is 48.9 Å². The first-order valence-electron chi connectivity index (χ1n) is 5.53. The molecule has 0 aromatic heterocycles.